The minimum atomic E-state index is 0. The number of hydrogen-bond donors (Lipinski definition) is 3. The average Bonchev–Trinajstić information content (AvgIpc) is 3.37. The number of aliphatic imine (C=N–C) groups is 1. The number of rotatable bonds is 5. The Morgan fingerprint density at radius 1 is 1.28 bits per heavy atom. The standard InChI is InChI=1S/C23H26N8.HI/c1-25-23(26-14-17-6-4-8-18(12-17)22-27-16-28-30-22)29-20-9-5-11-31(15-20)21-10-3-2-7-19(21)13-24;/h2-4,6-8,10,12,16,20H,5,9,11,14-15H2,1H3,(H2,25,26,29)(H,27,28,30);1H. The lowest BCUT2D eigenvalue weighted by molar-refractivity contribution is 0.468. The summed E-state index contributed by atoms with van der Waals surface area (Å²) in [5, 5.41) is 23.2. The molecule has 1 atom stereocenters. The zero-order valence-electron chi connectivity index (χ0n) is 18.0. The summed E-state index contributed by atoms with van der Waals surface area (Å²) in [6, 6.07) is 18.5. The Balaban J connectivity index is 0.00000289. The van der Waals surface area contributed by atoms with Gasteiger partial charge < -0.3 is 15.5 Å². The number of piperidine rings is 1. The zero-order valence-corrected chi connectivity index (χ0v) is 20.3. The van der Waals surface area contributed by atoms with Gasteiger partial charge in [0.15, 0.2) is 11.8 Å². The van der Waals surface area contributed by atoms with E-state index in [9.17, 15) is 5.26 Å². The van der Waals surface area contributed by atoms with Crippen LogP contribution in [0, 0.1) is 11.3 Å². The third kappa shape index (κ3) is 5.76. The van der Waals surface area contributed by atoms with Crippen LogP contribution in [0.5, 0.6) is 0 Å². The molecule has 9 heteroatoms. The average molecular weight is 542 g/mol. The van der Waals surface area contributed by atoms with Crippen LogP contribution in [0.2, 0.25) is 0 Å². The molecule has 0 radical (unpaired) electrons. The third-order valence-electron chi connectivity index (χ3n) is 5.43. The molecule has 3 aromatic rings. The van der Waals surface area contributed by atoms with Crippen molar-refractivity contribution in [3.63, 3.8) is 0 Å². The molecule has 2 aromatic carbocycles. The summed E-state index contributed by atoms with van der Waals surface area (Å²) in [5.74, 6) is 1.52. The third-order valence-corrected chi connectivity index (χ3v) is 5.43. The molecule has 4 rings (SSSR count). The number of benzene rings is 2. The van der Waals surface area contributed by atoms with E-state index >= 15 is 0 Å². The first-order chi connectivity index (χ1) is 15.3. The maximum absolute atomic E-state index is 9.43. The summed E-state index contributed by atoms with van der Waals surface area (Å²) >= 11 is 0. The summed E-state index contributed by atoms with van der Waals surface area (Å²) in [6.07, 6.45) is 3.63. The zero-order chi connectivity index (χ0) is 21.5. The normalized spacial score (nSPS) is 16.1. The maximum atomic E-state index is 9.43. The van der Waals surface area contributed by atoms with E-state index in [-0.39, 0.29) is 30.0 Å². The van der Waals surface area contributed by atoms with E-state index in [1.807, 2.05) is 36.4 Å². The first-order valence-electron chi connectivity index (χ1n) is 10.4. The van der Waals surface area contributed by atoms with Gasteiger partial charge in [0.25, 0.3) is 0 Å². The van der Waals surface area contributed by atoms with Crippen molar-refractivity contribution in [1.29, 1.82) is 5.26 Å². The van der Waals surface area contributed by atoms with E-state index in [0.29, 0.717) is 6.54 Å². The molecule has 0 saturated carbocycles. The summed E-state index contributed by atoms with van der Waals surface area (Å²) in [4.78, 5) is 10.9. The topological polar surface area (TPSA) is 105 Å². The second-order valence-electron chi connectivity index (χ2n) is 7.52. The van der Waals surface area contributed by atoms with Crippen LogP contribution in [-0.4, -0.2) is 47.3 Å². The van der Waals surface area contributed by atoms with Crippen LogP contribution in [0.4, 0.5) is 5.69 Å². The fraction of sp³-hybridized carbons (Fsp3) is 0.304. The Hall–Kier alpha value is -3.13. The van der Waals surface area contributed by atoms with Crippen molar-refractivity contribution < 1.29 is 0 Å². The molecule has 32 heavy (non-hydrogen) atoms. The van der Waals surface area contributed by atoms with Crippen molar-refractivity contribution in [3.05, 3.63) is 66.0 Å². The van der Waals surface area contributed by atoms with E-state index in [1.54, 1.807) is 7.05 Å². The van der Waals surface area contributed by atoms with Gasteiger partial charge in [-0.05, 0) is 36.6 Å². The fourth-order valence-corrected chi connectivity index (χ4v) is 3.90. The summed E-state index contributed by atoms with van der Waals surface area (Å²) in [6.45, 7) is 2.44. The van der Waals surface area contributed by atoms with Crippen molar-refractivity contribution in [2.75, 3.05) is 25.0 Å². The highest BCUT2D eigenvalue weighted by molar-refractivity contribution is 14.0. The summed E-state index contributed by atoms with van der Waals surface area (Å²) < 4.78 is 0. The van der Waals surface area contributed by atoms with Crippen LogP contribution in [-0.2, 0) is 6.54 Å². The van der Waals surface area contributed by atoms with Gasteiger partial charge in [-0.25, -0.2) is 4.98 Å². The molecule has 1 fully saturated rings. The molecule has 8 nitrogen and oxygen atoms in total. The lowest BCUT2D eigenvalue weighted by atomic mass is 10.0. The van der Waals surface area contributed by atoms with E-state index in [4.69, 9.17) is 0 Å². The van der Waals surface area contributed by atoms with Gasteiger partial charge in [0.2, 0.25) is 0 Å². The Morgan fingerprint density at radius 2 is 2.16 bits per heavy atom. The van der Waals surface area contributed by atoms with E-state index in [1.165, 1.54) is 6.33 Å². The smallest absolute Gasteiger partial charge is 0.191 e. The quantitative estimate of drug-likeness (QED) is 0.260. The van der Waals surface area contributed by atoms with E-state index in [0.717, 1.165) is 60.1 Å². The number of H-pyrrole nitrogens is 1. The minimum Gasteiger partial charge on any atom is -0.368 e. The van der Waals surface area contributed by atoms with Gasteiger partial charge in [-0.15, -0.1) is 24.0 Å². The highest BCUT2D eigenvalue weighted by Crippen LogP contribution is 2.23. The van der Waals surface area contributed by atoms with Gasteiger partial charge in [0, 0.05) is 38.3 Å². The molecular formula is C23H27IN8. The lowest BCUT2D eigenvalue weighted by Gasteiger charge is -2.35. The van der Waals surface area contributed by atoms with Crippen molar-refractivity contribution in [2.24, 2.45) is 4.99 Å². The number of anilines is 1. The number of halogens is 1. The molecule has 166 valence electrons. The minimum absolute atomic E-state index is 0. The monoisotopic (exact) mass is 542 g/mol. The van der Waals surface area contributed by atoms with Crippen LogP contribution >= 0.6 is 24.0 Å². The highest BCUT2D eigenvalue weighted by Gasteiger charge is 2.22. The molecule has 0 amide bonds. The predicted molar refractivity (Wildman–Crippen MR) is 137 cm³/mol. The van der Waals surface area contributed by atoms with Crippen LogP contribution in [0.25, 0.3) is 11.4 Å². The molecule has 1 saturated heterocycles. The second-order valence-corrected chi connectivity index (χ2v) is 7.52. The number of nitriles is 1. The molecule has 1 unspecified atom stereocenters. The molecule has 0 aliphatic carbocycles. The predicted octanol–water partition coefficient (Wildman–Crippen LogP) is 3.30. The Labute approximate surface area is 205 Å². The molecule has 1 aliphatic heterocycles. The van der Waals surface area contributed by atoms with Crippen LogP contribution < -0.4 is 15.5 Å². The number of aromatic amines is 1. The molecule has 2 heterocycles. The number of nitrogens with zero attached hydrogens (tertiary/aromatic N) is 5. The first kappa shape index (κ1) is 23.5. The molecule has 1 aromatic heterocycles. The van der Waals surface area contributed by atoms with Gasteiger partial charge in [-0.1, -0.05) is 30.3 Å². The van der Waals surface area contributed by atoms with Crippen molar-refractivity contribution in [1.82, 2.24) is 25.8 Å². The number of nitrogens with one attached hydrogen (secondary N) is 3. The largest absolute Gasteiger partial charge is 0.368 e. The van der Waals surface area contributed by atoms with E-state index in [2.05, 4.69) is 53.9 Å². The number of para-hydroxylation sites is 1. The first-order valence-corrected chi connectivity index (χ1v) is 10.4. The Kier molecular flexibility index (Phi) is 8.44. The Morgan fingerprint density at radius 3 is 2.94 bits per heavy atom. The van der Waals surface area contributed by atoms with Crippen molar-refractivity contribution in [3.8, 4) is 17.5 Å². The van der Waals surface area contributed by atoms with Gasteiger partial charge in [-0.3, -0.25) is 10.1 Å². The molecule has 3 N–H and O–H groups in total. The maximum Gasteiger partial charge on any atom is 0.191 e. The van der Waals surface area contributed by atoms with Crippen LogP contribution in [0.3, 0.4) is 0 Å². The highest BCUT2D eigenvalue weighted by atomic mass is 127. The number of aromatic nitrogens is 3. The number of guanidine groups is 1. The second kappa shape index (κ2) is 11.5. The molecule has 0 spiro atoms. The van der Waals surface area contributed by atoms with Crippen molar-refractivity contribution in [2.45, 2.75) is 25.4 Å². The molecule has 0 bridgehead atoms. The SMILES string of the molecule is CN=C(NCc1cccc(-c2ncn[nH]2)c1)NC1CCCN(c2ccccc2C#N)C1.I. The molecular weight excluding hydrogens is 515 g/mol. The fourth-order valence-electron chi connectivity index (χ4n) is 3.90. The van der Waals surface area contributed by atoms with Gasteiger partial charge >= 0.3 is 0 Å². The van der Waals surface area contributed by atoms with Crippen molar-refractivity contribution >= 4 is 35.6 Å². The van der Waals surface area contributed by atoms with E-state index < -0.39 is 0 Å². The van der Waals surface area contributed by atoms with Gasteiger partial charge in [0.1, 0.15) is 12.4 Å². The number of hydrogen-bond acceptors (Lipinski definition) is 5. The van der Waals surface area contributed by atoms with Gasteiger partial charge in [-0.2, -0.15) is 10.4 Å². The van der Waals surface area contributed by atoms with Gasteiger partial charge in [0.05, 0.1) is 11.3 Å². The van der Waals surface area contributed by atoms with Crippen LogP contribution in [0.15, 0.2) is 59.9 Å². The van der Waals surface area contributed by atoms with Crippen LogP contribution in [0.1, 0.15) is 24.0 Å². The Bertz CT molecular complexity index is 1070. The lowest BCUT2D eigenvalue weighted by Crippen LogP contribution is -2.51. The molecule has 1 aliphatic rings. The summed E-state index contributed by atoms with van der Waals surface area (Å²) in [7, 11) is 1.78. The summed E-state index contributed by atoms with van der Waals surface area (Å²) in [5.41, 5.74) is 3.85.